The van der Waals surface area contributed by atoms with E-state index >= 15 is 0 Å². The van der Waals surface area contributed by atoms with E-state index in [2.05, 4.69) is 133 Å². The van der Waals surface area contributed by atoms with Crippen molar-refractivity contribution < 1.29 is 0 Å². The van der Waals surface area contributed by atoms with Gasteiger partial charge in [0.1, 0.15) is 0 Å². The van der Waals surface area contributed by atoms with Gasteiger partial charge in [0.15, 0.2) is 0 Å². The highest BCUT2D eigenvalue weighted by atomic mass is 14.4. The van der Waals surface area contributed by atoms with Crippen molar-refractivity contribution in [2.75, 3.05) is 0 Å². The molecule has 0 N–H and O–H groups in total. The molecule has 6 aromatic rings. The molecular weight excluding hydrogens is 432 g/mol. The van der Waals surface area contributed by atoms with Gasteiger partial charge in [-0.05, 0) is 66.4 Å². The minimum Gasteiger partial charge on any atom is -0.0622 e. The monoisotopic (exact) mass is 456 g/mol. The number of rotatable bonds is 2. The topological polar surface area (TPSA) is 0 Å². The van der Waals surface area contributed by atoms with Crippen molar-refractivity contribution >= 4 is 10.8 Å². The molecule has 0 nitrogen and oxygen atoms in total. The van der Waals surface area contributed by atoms with Crippen LogP contribution in [0.3, 0.4) is 0 Å². The van der Waals surface area contributed by atoms with E-state index in [4.69, 9.17) is 0 Å². The summed E-state index contributed by atoms with van der Waals surface area (Å²) in [4.78, 5) is 0. The lowest BCUT2D eigenvalue weighted by atomic mass is 9.79. The van der Waals surface area contributed by atoms with Gasteiger partial charge < -0.3 is 0 Å². The predicted molar refractivity (Wildman–Crippen MR) is 150 cm³/mol. The molecule has 0 saturated carbocycles. The maximum absolute atomic E-state index is 2.34. The summed E-state index contributed by atoms with van der Waals surface area (Å²) in [5.41, 5.74) is 14.1. The molecule has 0 heteroatoms. The molecule has 2 atom stereocenters. The van der Waals surface area contributed by atoms with Crippen LogP contribution in [0.2, 0.25) is 0 Å². The van der Waals surface area contributed by atoms with Crippen molar-refractivity contribution in [3.05, 3.63) is 167 Å². The van der Waals surface area contributed by atoms with E-state index < -0.39 is 0 Å². The maximum atomic E-state index is 2.34. The highest BCUT2D eigenvalue weighted by molar-refractivity contribution is 6.12. The zero-order valence-corrected chi connectivity index (χ0v) is 19.9. The van der Waals surface area contributed by atoms with Crippen LogP contribution in [-0.4, -0.2) is 0 Å². The summed E-state index contributed by atoms with van der Waals surface area (Å²) in [5.74, 6) is 0.438. The normalized spacial score (nSPS) is 16.9. The van der Waals surface area contributed by atoms with E-state index in [1.165, 1.54) is 66.4 Å². The Morgan fingerprint density at radius 3 is 1.14 bits per heavy atom. The summed E-state index contributed by atoms with van der Waals surface area (Å²) in [7, 11) is 0. The van der Waals surface area contributed by atoms with Gasteiger partial charge in [-0.25, -0.2) is 0 Å². The van der Waals surface area contributed by atoms with Crippen LogP contribution >= 0.6 is 0 Å². The maximum Gasteiger partial charge on any atom is 0.0355 e. The molecular formula is C36H24. The van der Waals surface area contributed by atoms with E-state index in [0.29, 0.717) is 0 Å². The zero-order valence-electron chi connectivity index (χ0n) is 19.9. The van der Waals surface area contributed by atoms with Gasteiger partial charge in [0, 0.05) is 11.8 Å². The molecule has 0 radical (unpaired) electrons. The number of hydrogen-bond donors (Lipinski definition) is 0. The van der Waals surface area contributed by atoms with Crippen molar-refractivity contribution in [3.63, 3.8) is 0 Å². The molecule has 2 aliphatic carbocycles. The first-order chi connectivity index (χ1) is 17.9. The molecule has 2 aliphatic rings. The van der Waals surface area contributed by atoms with Gasteiger partial charge >= 0.3 is 0 Å². The van der Waals surface area contributed by atoms with Crippen LogP contribution in [0.25, 0.3) is 33.0 Å². The first-order valence-corrected chi connectivity index (χ1v) is 12.8. The lowest BCUT2D eigenvalue weighted by Gasteiger charge is -2.24. The van der Waals surface area contributed by atoms with Gasteiger partial charge in [-0.2, -0.15) is 0 Å². The highest BCUT2D eigenvalue weighted by Gasteiger charge is 2.41. The zero-order chi connectivity index (χ0) is 23.6. The number of fused-ring (bicyclic) bond motifs is 10. The van der Waals surface area contributed by atoms with Crippen LogP contribution in [0.5, 0.6) is 0 Å². The molecule has 0 aliphatic heterocycles. The molecule has 0 fully saturated rings. The van der Waals surface area contributed by atoms with Crippen LogP contribution in [0, 0.1) is 0 Å². The molecule has 0 aromatic heterocycles. The molecule has 36 heavy (non-hydrogen) atoms. The standard InChI is InChI=1S/C36H24/c1-3-13-23(14-4-1)31-25-17-7-9-19-27(25)33-29-21-11-12-22-30(29)34-28-20-10-8-18-26(28)32(36(34)35(31)33)24-15-5-2-6-16-24/h1-22,31-32H. The van der Waals surface area contributed by atoms with Crippen molar-refractivity contribution in [2.45, 2.75) is 11.8 Å². The van der Waals surface area contributed by atoms with Crippen molar-refractivity contribution in [1.29, 1.82) is 0 Å². The Bertz CT molecular complexity index is 1640. The summed E-state index contributed by atoms with van der Waals surface area (Å²) in [6, 6.07) is 49.4. The Kier molecular flexibility index (Phi) is 4.15. The Morgan fingerprint density at radius 1 is 0.333 bits per heavy atom. The Labute approximate surface area is 211 Å². The summed E-state index contributed by atoms with van der Waals surface area (Å²) < 4.78 is 0. The minimum absolute atomic E-state index is 0.219. The average Bonchev–Trinajstić information content (AvgIpc) is 3.48. The summed E-state index contributed by atoms with van der Waals surface area (Å²) in [6.07, 6.45) is 0. The second-order valence-electron chi connectivity index (χ2n) is 9.98. The smallest absolute Gasteiger partial charge is 0.0355 e. The molecule has 8 rings (SSSR count). The predicted octanol–water partition coefficient (Wildman–Crippen LogP) is 9.16. The first kappa shape index (κ1) is 19.8. The second kappa shape index (κ2) is 7.54. The Balaban J connectivity index is 1.59. The Morgan fingerprint density at radius 2 is 0.694 bits per heavy atom. The SMILES string of the molecule is c1ccc(C2c3ccccc3-c3c2c2c(c4ccccc34)-c3ccccc3C2c2ccccc2)cc1. The lowest BCUT2D eigenvalue weighted by molar-refractivity contribution is 0.940. The fraction of sp³-hybridized carbons (Fsp3) is 0.0556. The molecule has 0 bridgehead atoms. The van der Waals surface area contributed by atoms with Crippen LogP contribution in [0.15, 0.2) is 133 Å². The van der Waals surface area contributed by atoms with Gasteiger partial charge in [-0.15, -0.1) is 0 Å². The van der Waals surface area contributed by atoms with Gasteiger partial charge in [-0.3, -0.25) is 0 Å². The van der Waals surface area contributed by atoms with Gasteiger partial charge in [-0.1, -0.05) is 133 Å². The minimum atomic E-state index is 0.219. The van der Waals surface area contributed by atoms with Crippen LogP contribution in [-0.2, 0) is 0 Å². The first-order valence-electron chi connectivity index (χ1n) is 12.8. The van der Waals surface area contributed by atoms with Crippen molar-refractivity contribution in [3.8, 4) is 22.3 Å². The fourth-order valence-corrected chi connectivity index (χ4v) is 6.91. The summed E-state index contributed by atoms with van der Waals surface area (Å²) in [6.45, 7) is 0. The molecule has 6 aromatic carbocycles. The van der Waals surface area contributed by atoms with Crippen molar-refractivity contribution in [1.82, 2.24) is 0 Å². The Hall–Kier alpha value is -4.42. The lowest BCUT2D eigenvalue weighted by Crippen LogP contribution is -2.07. The molecule has 0 heterocycles. The van der Waals surface area contributed by atoms with E-state index in [-0.39, 0.29) is 11.8 Å². The molecule has 0 spiro atoms. The van der Waals surface area contributed by atoms with Gasteiger partial charge in [0.05, 0.1) is 0 Å². The molecule has 0 amide bonds. The van der Waals surface area contributed by atoms with Crippen LogP contribution in [0.1, 0.15) is 45.2 Å². The number of benzene rings is 6. The second-order valence-corrected chi connectivity index (χ2v) is 9.98. The summed E-state index contributed by atoms with van der Waals surface area (Å²) >= 11 is 0. The molecule has 168 valence electrons. The largest absolute Gasteiger partial charge is 0.0622 e. The van der Waals surface area contributed by atoms with E-state index in [0.717, 1.165) is 0 Å². The third-order valence-electron chi connectivity index (χ3n) is 8.22. The quantitative estimate of drug-likeness (QED) is 0.243. The fourth-order valence-electron chi connectivity index (χ4n) is 6.91. The van der Waals surface area contributed by atoms with Crippen molar-refractivity contribution in [2.24, 2.45) is 0 Å². The van der Waals surface area contributed by atoms with E-state index in [1.54, 1.807) is 0 Å². The van der Waals surface area contributed by atoms with Crippen LogP contribution in [0.4, 0.5) is 0 Å². The van der Waals surface area contributed by atoms with E-state index in [1.807, 2.05) is 0 Å². The third kappa shape index (κ3) is 2.59. The van der Waals surface area contributed by atoms with Gasteiger partial charge in [0.2, 0.25) is 0 Å². The molecule has 2 unspecified atom stereocenters. The number of hydrogen-bond acceptors (Lipinski definition) is 0. The third-order valence-corrected chi connectivity index (χ3v) is 8.22. The molecule has 0 saturated heterocycles. The van der Waals surface area contributed by atoms with Gasteiger partial charge in [0.25, 0.3) is 0 Å². The van der Waals surface area contributed by atoms with Crippen LogP contribution < -0.4 is 0 Å². The summed E-state index contributed by atoms with van der Waals surface area (Å²) in [5, 5.41) is 2.72. The highest BCUT2D eigenvalue weighted by Crippen LogP contribution is 2.60. The van der Waals surface area contributed by atoms with E-state index in [9.17, 15) is 0 Å². The average molecular weight is 457 g/mol.